The minimum absolute atomic E-state index is 0.0871. The average Bonchev–Trinajstić information content (AvgIpc) is 3.29. The van der Waals surface area contributed by atoms with Gasteiger partial charge >= 0.3 is 5.97 Å². The maximum absolute atomic E-state index is 14.3. The van der Waals surface area contributed by atoms with Gasteiger partial charge in [0.25, 0.3) is 0 Å². The molecule has 0 amide bonds. The van der Waals surface area contributed by atoms with Gasteiger partial charge < -0.3 is 14.6 Å². The first-order valence-corrected chi connectivity index (χ1v) is 9.52. The van der Waals surface area contributed by atoms with Crippen LogP contribution in [0.15, 0.2) is 42.5 Å². The summed E-state index contributed by atoms with van der Waals surface area (Å²) in [7, 11) is 0. The van der Waals surface area contributed by atoms with Crippen LogP contribution >= 0.6 is 0 Å². The first-order valence-electron chi connectivity index (χ1n) is 9.52. The van der Waals surface area contributed by atoms with Gasteiger partial charge in [0.05, 0.1) is 18.6 Å². The quantitative estimate of drug-likeness (QED) is 0.752. The second kappa shape index (κ2) is 7.59. The Hall–Kier alpha value is -2.56. The Morgan fingerprint density at radius 3 is 2.44 bits per heavy atom. The van der Waals surface area contributed by atoms with E-state index < -0.39 is 5.97 Å². The Balaban J connectivity index is 1.41. The van der Waals surface area contributed by atoms with E-state index in [1.165, 1.54) is 18.9 Å². The Kier molecular flexibility index (Phi) is 5.01. The van der Waals surface area contributed by atoms with Gasteiger partial charge in [0, 0.05) is 11.5 Å². The Labute approximate surface area is 157 Å². The van der Waals surface area contributed by atoms with Crippen molar-refractivity contribution in [3.05, 3.63) is 48.3 Å². The third-order valence-corrected chi connectivity index (χ3v) is 5.41. The van der Waals surface area contributed by atoms with Gasteiger partial charge in [-0.3, -0.25) is 4.79 Å². The minimum Gasteiger partial charge on any atom is -0.493 e. The lowest BCUT2D eigenvalue weighted by Gasteiger charge is -2.14. The molecule has 0 unspecified atom stereocenters. The molecule has 27 heavy (non-hydrogen) atoms. The van der Waals surface area contributed by atoms with Crippen LogP contribution in [0.2, 0.25) is 0 Å². The van der Waals surface area contributed by atoms with Crippen molar-refractivity contribution in [2.45, 2.75) is 38.2 Å². The highest BCUT2D eigenvalue weighted by Crippen LogP contribution is 2.39. The number of hydrogen-bond donors (Lipinski definition) is 1. The zero-order valence-electron chi connectivity index (χ0n) is 15.1. The molecule has 2 saturated carbocycles. The van der Waals surface area contributed by atoms with Gasteiger partial charge in [0.15, 0.2) is 0 Å². The van der Waals surface area contributed by atoms with E-state index in [1.54, 1.807) is 24.3 Å². The molecule has 4 nitrogen and oxygen atoms in total. The van der Waals surface area contributed by atoms with Crippen molar-refractivity contribution in [1.82, 2.24) is 0 Å². The summed E-state index contributed by atoms with van der Waals surface area (Å²) in [5.74, 6) is 0.129. The third-order valence-electron chi connectivity index (χ3n) is 5.41. The third kappa shape index (κ3) is 4.24. The van der Waals surface area contributed by atoms with Gasteiger partial charge in [0.2, 0.25) is 0 Å². The zero-order valence-corrected chi connectivity index (χ0v) is 15.1. The van der Waals surface area contributed by atoms with Gasteiger partial charge in [-0.15, -0.1) is 0 Å². The lowest BCUT2D eigenvalue weighted by atomic mass is 10.0. The molecule has 2 aliphatic rings. The van der Waals surface area contributed by atoms with Gasteiger partial charge in [-0.2, -0.15) is 0 Å². The van der Waals surface area contributed by atoms with Crippen molar-refractivity contribution >= 4 is 5.97 Å². The molecule has 5 heteroatoms. The fourth-order valence-corrected chi connectivity index (χ4v) is 3.67. The predicted molar refractivity (Wildman–Crippen MR) is 99.4 cm³/mol. The van der Waals surface area contributed by atoms with Crippen LogP contribution in [0, 0.1) is 17.7 Å². The zero-order chi connectivity index (χ0) is 18.8. The van der Waals surface area contributed by atoms with Gasteiger partial charge in [-0.05, 0) is 68.0 Å². The van der Waals surface area contributed by atoms with Crippen LogP contribution < -0.4 is 9.47 Å². The summed E-state index contributed by atoms with van der Waals surface area (Å²) in [6.07, 6.45) is 5.40. The van der Waals surface area contributed by atoms with Crippen molar-refractivity contribution < 1.29 is 23.8 Å². The molecule has 0 heterocycles. The number of rotatable bonds is 7. The number of carboxylic acids is 1. The molecule has 2 fully saturated rings. The molecule has 2 aliphatic carbocycles. The number of aliphatic carboxylic acids is 1. The molecule has 142 valence electrons. The molecule has 2 atom stereocenters. The number of ether oxygens (including phenoxy) is 2. The van der Waals surface area contributed by atoms with Crippen LogP contribution in [0.4, 0.5) is 4.39 Å². The standard InChI is InChI=1S/C22H23FO4/c23-21-10-9-18(27-17-3-1-2-4-17)12-19(21)14-5-7-16(8-6-14)26-13-15-11-20(15)22(24)25/h5-10,12,15,17,20H,1-4,11,13H2,(H,24,25)/t15-,20+/m0/s1. The molecule has 0 radical (unpaired) electrons. The Morgan fingerprint density at radius 1 is 1.07 bits per heavy atom. The molecule has 0 bridgehead atoms. The van der Waals surface area contributed by atoms with Gasteiger partial charge in [-0.25, -0.2) is 4.39 Å². The monoisotopic (exact) mass is 370 g/mol. The molecule has 0 spiro atoms. The summed E-state index contributed by atoms with van der Waals surface area (Å²) < 4.78 is 25.9. The highest BCUT2D eigenvalue weighted by Gasteiger charge is 2.43. The van der Waals surface area contributed by atoms with Crippen LogP contribution in [0.25, 0.3) is 11.1 Å². The first-order chi connectivity index (χ1) is 13.1. The van der Waals surface area contributed by atoms with E-state index in [0.29, 0.717) is 30.1 Å². The lowest BCUT2D eigenvalue weighted by Crippen LogP contribution is -2.10. The second-order valence-corrected chi connectivity index (χ2v) is 7.44. The van der Waals surface area contributed by atoms with Crippen LogP contribution in [0.1, 0.15) is 32.1 Å². The highest BCUT2D eigenvalue weighted by molar-refractivity contribution is 5.73. The van der Waals surface area contributed by atoms with E-state index >= 15 is 0 Å². The fraction of sp³-hybridized carbons (Fsp3) is 0.409. The van der Waals surface area contributed by atoms with E-state index in [-0.39, 0.29) is 23.8 Å². The van der Waals surface area contributed by atoms with Crippen LogP contribution in [0.3, 0.4) is 0 Å². The fourth-order valence-electron chi connectivity index (χ4n) is 3.67. The maximum atomic E-state index is 14.3. The summed E-state index contributed by atoms with van der Waals surface area (Å²) >= 11 is 0. The molecule has 2 aromatic carbocycles. The molecule has 4 rings (SSSR count). The topological polar surface area (TPSA) is 55.8 Å². The van der Waals surface area contributed by atoms with Crippen molar-refractivity contribution in [3.8, 4) is 22.6 Å². The van der Waals surface area contributed by atoms with Crippen molar-refractivity contribution in [2.75, 3.05) is 6.61 Å². The van der Waals surface area contributed by atoms with Crippen LogP contribution in [0.5, 0.6) is 11.5 Å². The van der Waals surface area contributed by atoms with E-state index in [0.717, 1.165) is 18.4 Å². The Bertz CT molecular complexity index is 812. The number of carboxylic acid groups (broad SMARTS) is 1. The van der Waals surface area contributed by atoms with Gasteiger partial charge in [-0.1, -0.05) is 12.1 Å². The van der Waals surface area contributed by atoms with Crippen molar-refractivity contribution in [2.24, 2.45) is 11.8 Å². The van der Waals surface area contributed by atoms with Crippen molar-refractivity contribution in [1.29, 1.82) is 0 Å². The largest absolute Gasteiger partial charge is 0.493 e. The smallest absolute Gasteiger partial charge is 0.306 e. The van der Waals surface area contributed by atoms with Crippen LogP contribution in [-0.2, 0) is 4.79 Å². The minimum atomic E-state index is -0.755. The molecule has 1 N–H and O–H groups in total. The van der Waals surface area contributed by atoms with Crippen LogP contribution in [-0.4, -0.2) is 23.8 Å². The summed E-state index contributed by atoms with van der Waals surface area (Å²) in [4.78, 5) is 10.9. The first kappa shape index (κ1) is 17.8. The number of carbonyl (C=O) groups is 1. The summed E-state index contributed by atoms with van der Waals surface area (Å²) in [5.41, 5.74) is 1.26. The molecular weight excluding hydrogens is 347 g/mol. The van der Waals surface area contributed by atoms with E-state index in [4.69, 9.17) is 14.6 Å². The summed E-state index contributed by atoms with van der Waals surface area (Å²) in [5, 5.41) is 8.92. The SMILES string of the molecule is O=C(O)[C@@H]1C[C@H]1COc1ccc(-c2cc(OC3CCCC3)ccc2F)cc1. The maximum Gasteiger partial charge on any atom is 0.306 e. The number of halogens is 1. The predicted octanol–water partition coefficient (Wildman–Crippen LogP) is 4.91. The normalized spacial score (nSPS) is 21.8. The summed E-state index contributed by atoms with van der Waals surface area (Å²) in [6.45, 7) is 0.398. The molecule has 0 aliphatic heterocycles. The van der Waals surface area contributed by atoms with Crippen molar-refractivity contribution in [3.63, 3.8) is 0 Å². The number of benzene rings is 2. The molecule has 0 saturated heterocycles. The van der Waals surface area contributed by atoms with E-state index in [2.05, 4.69) is 0 Å². The molecule has 2 aromatic rings. The average molecular weight is 370 g/mol. The second-order valence-electron chi connectivity index (χ2n) is 7.44. The molecule has 0 aromatic heterocycles. The van der Waals surface area contributed by atoms with Gasteiger partial charge in [0.1, 0.15) is 17.3 Å². The van der Waals surface area contributed by atoms with E-state index in [1.807, 2.05) is 12.1 Å². The number of hydrogen-bond acceptors (Lipinski definition) is 3. The Morgan fingerprint density at radius 2 is 1.78 bits per heavy atom. The van der Waals surface area contributed by atoms with E-state index in [9.17, 15) is 9.18 Å². The lowest BCUT2D eigenvalue weighted by molar-refractivity contribution is -0.138. The molecular formula is C22H23FO4. The highest BCUT2D eigenvalue weighted by atomic mass is 19.1. The summed E-state index contributed by atoms with van der Waals surface area (Å²) in [6, 6.07) is 12.1.